The first-order valence-corrected chi connectivity index (χ1v) is 5.28. The molecule has 1 saturated heterocycles. The average Bonchev–Trinajstić information content (AvgIpc) is 3.04. The Morgan fingerprint density at radius 1 is 1.38 bits per heavy atom. The second-order valence-electron chi connectivity index (χ2n) is 4.74. The van der Waals surface area contributed by atoms with Crippen molar-refractivity contribution in [2.45, 2.75) is 43.8 Å². The minimum Gasteiger partial charge on any atom is -0.341 e. The highest BCUT2D eigenvalue weighted by Gasteiger charge is 2.49. The molecule has 3 rings (SSSR count). The van der Waals surface area contributed by atoms with Crippen LogP contribution in [-0.4, -0.2) is 36.0 Å². The maximum Gasteiger partial charge on any atom is 0.239 e. The average molecular weight is 180 g/mol. The summed E-state index contributed by atoms with van der Waals surface area (Å²) in [5.41, 5.74) is 0. The number of carbonyl (C=O) groups excluding carboxylic acids is 1. The number of hydrogen-bond donors (Lipinski definition) is 1. The van der Waals surface area contributed by atoms with E-state index in [1.165, 1.54) is 19.3 Å². The van der Waals surface area contributed by atoms with Crippen molar-refractivity contribution in [1.82, 2.24) is 10.2 Å². The van der Waals surface area contributed by atoms with Gasteiger partial charge in [0.15, 0.2) is 0 Å². The molecule has 2 saturated carbocycles. The van der Waals surface area contributed by atoms with E-state index in [1.54, 1.807) is 0 Å². The normalized spacial score (nSPS) is 41.5. The van der Waals surface area contributed by atoms with Crippen LogP contribution in [0.3, 0.4) is 0 Å². The zero-order chi connectivity index (χ0) is 9.00. The zero-order valence-electron chi connectivity index (χ0n) is 7.99. The van der Waals surface area contributed by atoms with Gasteiger partial charge in [0.1, 0.15) is 0 Å². The van der Waals surface area contributed by atoms with Crippen molar-refractivity contribution in [2.24, 2.45) is 5.92 Å². The van der Waals surface area contributed by atoms with Gasteiger partial charge in [-0.2, -0.15) is 0 Å². The van der Waals surface area contributed by atoms with E-state index in [1.807, 2.05) is 11.9 Å². The summed E-state index contributed by atoms with van der Waals surface area (Å²) in [6.45, 7) is 0. The van der Waals surface area contributed by atoms with Gasteiger partial charge in [0.05, 0.1) is 6.04 Å². The van der Waals surface area contributed by atoms with Gasteiger partial charge in [0, 0.05) is 19.1 Å². The molecule has 3 fully saturated rings. The van der Waals surface area contributed by atoms with Crippen molar-refractivity contribution in [3.05, 3.63) is 0 Å². The summed E-state index contributed by atoms with van der Waals surface area (Å²) in [6.07, 6.45) is 4.81. The minimum atomic E-state index is 0.148. The topological polar surface area (TPSA) is 32.3 Å². The molecule has 1 aliphatic heterocycles. The van der Waals surface area contributed by atoms with Crippen molar-refractivity contribution >= 4 is 5.91 Å². The minimum absolute atomic E-state index is 0.148. The summed E-state index contributed by atoms with van der Waals surface area (Å²) in [6, 6.07) is 1.39. The molecular formula is C10H16N2O. The van der Waals surface area contributed by atoms with E-state index in [-0.39, 0.29) is 6.04 Å². The molecule has 1 heterocycles. The third-order valence-corrected chi connectivity index (χ3v) is 3.62. The van der Waals surface area contributed by atoms with Crippen molar-refractivity contribution in [3.63, 3.8) is 0 Å². The second-order valence-corrected chi connectivity index (χ2v) is 4.74. The summed E-state index contributed by atoms with van der Waals surface area (Å²) < 4.78 is 0. The summed E-state index contributed by atoms with van der Waals surface area (Å²) in [4.78, 5) is 13.8. The molecule has 3 heteroatoms. The fourth-order valence-electron chi connectivity index (χ4n) is 2.40. The van der Waals surface area contributed by atoms with Crippen LogP contribution in [0.4, 0.5) is 0 Å². The first-order chi connectivity index (χ1) is 6.25. The molecule has 3 nitrogen and oxygen atoms in total. The number of likely N-dealkylation sites (N-methyl/N-ethyl adjacent to an activating group) is 1. The molecule has 1 amide bonds. The number of piperidine rings is 1. The number of carbonyl (C=O) groups is 1. The monoisotopic (exact) mass is 180 g/mol. The predicted molar refractivity (Wildman–Crippen MR) is 49.2 cm³/mol. The van der Waals surface area contributed by atoms with E-state index in [0.717, 1.165) is 12.3 Å². The molecule has 1 N–H and O–H groups in total. The molecular weight excluding hydrogens is 164 g/mol. The molecule has 0 aromatic carbocycles. The van der Waals surface area contributed by atoms with Crippen LogP contribution < -0.4 is 5.32 Å². The van der Waals surface area contributed by atoms with Crippen molar-refractivity contribution in [3.8, 4) is 0 Å². The van der Waals surface area contributed by atoms with Crippen LogP contribution in [0, 0.1) is 5.92 Å². The van der Waals surface area contributed by atoms with Gasteiger partial charge in [0.25, 0.3) is 0 Å². The van der Waals surface area contributed by atoms with Crippen LogP contribution in [0.2, 0.25) is 0 Å². The zero-order valence-corrected chi connectivity index (χ0v) is 7.99. The van der Waals surface area contributed by atoms with Crippen LogP contribution in [0.5, 0.6) is 0 Å². The molecule has 0 radical (unpaired) electrons. The summed E-state index contributed by atoms with van der Waals surface area (Å²) in [5, 5.41) is 3.40. The highest BCUT2D eigenvalue weighted by molar-refractivity contribution is 5.83. The Hall–Kier alpha value is -0.570. The standard InChI is InChI=1S/C10H16N2O/c1-12(7-2-3-7)10(13)9-5-6-4-8(6)11-9/h6-9,11H,2-5H2,1H3/t6-,8-,9-/m0/s1. The first kappa shape index (κ1) is 7.80. The van der Waals surface area contributed by atoms with E-state index in [2.05, 4.69) is 5.32 Å². The number of fused-ring (bicyclic) bond motifs is 1. The predicted octanol–water partition coefficient (Wildman–Crippen LogP) is 0.358. The molecule has 13 heavy (non-hydrogen) atoms. The van der Waals surface area contributed by atoms with Gasteiger partial charge in [-0.3, -0.25) is 4.79 Å². The lowest BCUT2D eigenvalue weighted by atomic mass is 10.1. The lowest BCUT2D eigenvalue weighted by Crippen LogP contribution is -2.44. The molecule has 72 valence electrons. The summed E-state index contributed by atoms with van der Waals surface area (Å²) in [7, 11) is 1.95. The lowest BCUT2D eigenvalue weighted by Gasteiger charge is -2.21. The lowest BCUT2D eigenvalue weighted by molar-refractivity contribution is -0.132. The highest BCUT2D eigenvalue weighted by Crippen LogP contribution is 2.41. The Morgan fingerprint density at radius 3 is 2.69 bits per heavy atom. The maximum atomic E-state index is 11.9. The molecule has 2 aliphatic carbocycles. The van der Waals surface area contributed by atoms with Crippen LogP contribution in [0.1, 0.15) is 25.7 Å². The van der Waals surface area contributed by atoms with Crippen LogP contribution in [0.15, 0.2) is 0 Å². The van der Waals surface area contributed by atoms with Crippen LogP contribution >= 0.6 is 0 Å². The third kappa shape index (κ3) is 1.26. The number of amides is 1. The van der Waals surface area contributed by atoms with Gasteiger partial charge in [-0.05, 0) is 31.6 Å². The fraction of sp³-hybridized carbons (Fsp3) is 0.900. The Kier molecular flexibility index (Phi) is 1.48. The smallest absolute Gasteiger partial charge is 0.239 e. The molecule has 0 aromatic rings. The molecule has 3 atom stereocenters. The first-order valence-electron chi connectivity index (χ1n) is 5.28. The largest absolute Gasteiger partial charge is 0.341 e. The Labute approximate surface area is 78.5 Å². The van der Waals surface area contributed by atoms with Crippen LogP contribution in [0.25, 0.3) is 0 Å². The Morgan fingerprint density at radius 2 is 2.15 bits per heavy atom. The van der Waals surface area contributed by atoms with Gasteiger partial charge in [-0.15, -0.1) is 0 Å². The molecule has 0 aromatic heterocycles. The Bertz CT molecular complexity index is 239. The van der Waals surface area contributed by atoms with Gasteiger partial charge in [-0.1, -0.05) is 0 Å². The quantitative estimate of drug-likeness (QED) is 0.665. The van der Waals surface area contributed by atoms with E-state index < -0.39 is 0 Å². The van der Waals surface area contributed by atoms with E-state index in [0.29, 0.717) is 18.0 Å². The Balaban J connectivity index is 1.61. The van der Waals surface area contributed by atoms with Crippen molar-refractivity contribution < 1.29 is 4.79 Å². The van der Waals surface area contributed by atoms with Crippen molar-refractivity contribution in [1.29, 1.82) is 0 Å². The number of hydrogen-bond acceptors (Lipinski definition) is 2. The maximum absolute atomic E-state index is 11.9. The SMILES string of the molecule is CN(C(=O)[C@@H]1C[C@@H]2C[C@@H]2N1)C1CC1. The molecule has 3 aliphatic rings. The second kappa shape index (κ2) is 2.47. The van der Waals surface area contributed by atoms with Gasteiger partial charge < -0.3 is 10.2 Å². The molecule has 0 bridgehead atoms. The summed E-state index contributed by atoms with van der Waals surface area (Å²) >= 11 is 0. The van der Waals surface area contributed by atoms with Crippen molar-refractivity contribution in [2.75, 3.05) is 7.05 Å². The molecule has 0 spiro atoms. The number of nitrogens with zero attached hydrogens (tertiary/aromatic N) is 1. The highest BCUT2D eigenvalue weighted by atomic mass is 16.2. The van der Waals surface area contributed by atoms with E-state index in [9.17, 15) is 4.79 Å². The van der Waals surface area contributed by atoms with E-state index in [4.69, 9.17) is 0 Å². The van der Waals surface area contributed by atoms with Gasteiger partial charge in [0.2, 0.25) is 5.91 Å². The fourth-order valence-corrected chi connectivity index (χ4v) is 2.40. The number of nitrogens with one attached hydrogen (secondary N) is 1. The van der Waals surface area contributed by atoms with Crippen LogP contribution in [-0.2, 0) is 4.79 Å². The summed E-state index contributed by atoms with van der Waals surface area (Å²) in [5.74, 6) is 1.15. The number of rotatable bonds is 2. The van der Waals surface area contributed by atoms with Gasteiger partial charge >= 0.3 is 0 Å². The van der Waals surface area contributed by atoms with E-state index >= 15 is 0 Å². The third-order valence-electron chi connectivity index (χ3n) is 3.62. The molecule has 0 unspecified atom stereocenters. The van der Waals surface area contributed by atoms with Gasteiger partial charge in [-0.25, -0.2) is 0 Å².